The van der Waals surface area contributed by atoms with E-state index < -0.39 is 17.8 Å². The third kappa shape index (κ3) is 7.85. The third-order valence-corrected chi connectivity index (χ3v) is 6.62. The zero-order valence-corrected chi connectivity index (χ0v) is 22.3. The number of carboxylic acids is 1. The fourth-order valence-corrected chi connectivity index (χ4v) is 4.39. The van der Waals surface area contributed by atoms with Gasteiger partial charge in [0.25, 0.3) is 11.8 Å². The average Bonchev–Trinajstić information content (AvgIpc) is 3.46. The van der Waals surface area contributed by atoms with E-state index in [1.807, 2.05) is 0 Å². The van der Waals surface area contributed by atoms with Crippen LogP contribution in [0.4, 0.5) is 11.4 Å². The number of thioether (sulfide) groups is 1. The largest absolute Gasteiger partial charge is 0.478 e. The summed E-state index contributed by atoms with van der Waals surface area (Å²) in [5.41, 5.74) is 0.997. The summed E-state index contributed by atoms with van der Waals surface area (Å²) in [6.45, 7) is 0. The summed E-state index contributed by atoms with van der Waals surface area (Å²) >= 11 is 7.09. The molecule has 40 heavy (non-hydrogen) atoms. The van der Waals surface area contributed by atoms with Crippen molar-refractivity contribution in [3.8, 4) is 0 Å². The number of rotatable bonds is 10. The molecule has 0 aliphatic rings. The van der Waals surface area contributed by atoms with Crippen LogP contribution in [0.5, 0.6) is 0 Å². The van der Waals surface area contributed by atoms with Crippen molar-refractivity contribution < 1.29 is 28.7 Å². The molecule has 0 saturated heterocycles. The number of anilines is 2. The number of aromatic carboxylic acids is 1. The number of carbonyl (C=O) groups is 4. The summed E-state index contributed by atoms with van der Waals surface area (Å²) in [6.07, 6.45) is 2.88. The van der Waals surface area contributed by atoms with Gasteiger partial charge < -0.3 is 25.5 Å². The van der Waals surface area contributed by atoms with Crippen molar-refractivity contribution in [1.29, 1.82) is 0 Å². The van der Waals surface area contributed by atoms with Crippen LogP contribution in [0, 0.1) is 0 Å². The van der Waals surface area contributed by atoms with Gasteiger partial charge in [-0.15, -0.1) is 11.8 Å². The van der Waals surface area contributed by atoms with Gasteiger partial charge in [-0.2, -0.15) is 0 Å². The van der Waals surface area contributed by atoms with Gasteiger partial charge in [-0.25, -0.2) is 4.79 Å². The molecule has 0 aliphatic heterocycles. The van der Waals surface area contributed by atoms with Crippen molar-refractivity contribution in [2.75, 3.05) is 16.4 Å². The molecule has 0 aliphatic carbocycles. The molecule has 0 saturated carbocycles. The first kappa shape index (κ1) is 28.2. The highest BCUT2D eigenvalue weighted by Crippen LogP contribution is 2.24. The quantitative estimate of drug-likeness (QED) is 0.139. The van der Waals surface area contributed by atoms with Crippen LogP contribution in [0.15, 0.2) is 106 Å². The molecule has 1 heterocycles. The predicted molar refractivity (Wildman–Crippen MR) is 153 cm³/mol. The molecule has 202 valence electrons. The standard InChI is InChI=1S/C29H22ClN3O6S/c30-24-12-11-20(15-23(24)29(37)38)31-26(34)17-40-22-10-4-8-19(14-22)32-28(36)25(16-21-9-5-13-39-21)33-27(35)18-6-2-1-3-7-18/h1-16H,17H2,(H,31,34)(H,32,36)(H,33,35)(H,37,38)/b25-16-. The van der Waals surface area contributed by atoms with Crippen LogP contribution in [0.2, 0.25) is 5.02 Å². The fraction of sp³-hybridized carbons (Fsp3) is 0.0345. The minimum absolute atomic E-state index is 0.0232. The zero-order valence-electron chi connectivity index (χ0n) is 20.7. The van der Waals surface area contributed by atoms with Gasteiger partial charge in [-0.1, -0.05) is 35.9 Å². The number of nitrogens with one attached hydrogen (secondary N) is 3. The molecule has 3 aromatic carbocycles. The lowest BCUT2D eigenvalue weighted by Gasteiger charge is -2.12. The highest BCUT2D eigenvalue weighted by atomic mass is 35.5. The van der Waals surface area contributed by atoms with Crippen LogP contribution >= 0.6 is 23.4 Å². The van der Waals surface area contributed by atoms with Crippen LogP contribution in [-0.2, 0) is 9.59 Å². The Balaban J connectivity index is 1.40. The SMILES string of the molecule is O=C(CSc1cccc(NC(=O)/C(=C/c2ccco2)NC(=O)c2ccccc2)c1)Nc1ccc(Cl)c(C(=O)O)c1. The van der Waals surface area contributed by atoms with Crippen molar-refractivity contribution >= 4 is 64.5 Å². The molecule has 0 fully saturated rings. The number of benzene rings is 3. The summed E-state index contributed by atoms with van der Waals surface area (Å²) in [4.78, 5) is 50.2. The maximum absolute atomic E-state index is 13.1. The Morgan fingerprint density at radius 1 is 0.875 bits per heavy atom. The predicted octanol–water partition coefficient (Wildman–Crippen LogP) is 5.77. The van der Waals surface area contributed by atoms with Crippen LogP contribution in [0.3, 0.4) is 0 Å². The summed E-state index contributed by atoms with van der Waals surface area (Å²) in [5, 5.41) is 17.3. The summed E-state index contributed by atoms with van der Waals surface area (Å²) in [6, 6.07) is 22.8. The van der Waals surface area contributed by atoms with E-state index in [0.717, 1.165) is 0 Å². The Hall–Kier alpha value is -4.80. The van der Waals surface area contributed by atoms with Crippen LogP contribution in [-0.4, -0.2) is 34.6 Å². The molecular formula is C29H22ClN3O6S. The maximum Gasteiger partial charge on any atom is 0.337 e. The minimum Gasteiger partial charge on any atom is -0.478 e. The van der Waals surface area contributed by atoms with E-state index in [9.17, 15) is 24.3 Å². The molecule has 4 N–H and O–H groups in total. The van der Waals surface area contributed by atoms with E-state index in [1.165, 1.54) is 42.3 Å². The molecular weight excluding hydrogens is 554 g/mol. The Labute approximate surface area is 238 Å². The van der Waals surface area contributed by atoms with Gasteiger partial charge in [0.15, 0.2) is 0 Å². The monoisotopic (exact) mass is 575 g/mol. The van der Waals surface area contributed by atoms with Crippen molar-refractivity contribution in [2.45, 2.75) is 4.90 Å². The molecule has 0 unspecified atom stereocenters. The molecule has 0 bridgehead atoms. The van der Waals surface area contributed by atoms with E-state index >= 15 is 0 Å². The number of furan rings is 1. The van der Waals surface area contributed by atoms with Crippen molar-refractivity contribution in [3.05, 3.63) is 119 Å². The molecule has 0 spiro atoms. The van der Waals surface area contributed by atoms with E-state index in [1.54, 1.807) is 66.7 Å². The van der Waals surface area contributed by atoms with Gasteiger partial charge in [0.2, 0.25) is 5.91 Å². The first-order chi connectivity index (χ1) is 19.3. The number of carboxylic acid groups (broad SMARTS) is 1. The Morgan fingerprint density at radius 3 is 2.38 bits per heavy atom. The van der Waals surface area contributed by atoms with Gasteiger partial charge in [0.05, 0.1) is 22.6 Å². The molecule has 3 amide bonds. The van der Waals surface area contributed by atoms with E-state index in [0.29, 0.717) is 27.6 Å². The first-order valence-corrected chi connectivity index (χ1v) is 13.1. The lowest BCUT2D eigenvalue weighted by atomic mass is 10.2. The lowest BCUT2D eigenvalue weighted by molar-refractivity contribution is -0.114. The van der Waals surface area contributed by atoms with Gasteiger partial charge in [-0.3, -0.25) is 14.4 Å². The number of halogens is 1. The normalized spacial score (nSPS) is 11.0. The van der Waals surface area contributed by atoms with Gasteiger partial charge in [0.1, 0.15) is 11.5 Å². The number of hydrogen-bond donors (Lipinski definition) is 4. The van der Waals surface area contributed by atoms with Crippen molar-refractivity contribution in [2.24, 2.45) is 0 Å². The van der Waals surface area contributed by atoms with Crippen molar-refractivity contribution in [1.82, 2.24) is 5.32 Å². The molecule has 0 radical (unpaired) electrons. The number of amides is 3. The van der Waals surface area contributed by atoms with Crippen LogP contribution in [0.25, 0.3) is 6.08 Å². The Morgan fingerprint density at radius 2 is 1.65 bits per heavy atom. The van der Waals surface area contributed by atoms with E-state index in [-0.39, 0.29) is 27.9 Å². The topological polar surface area (TPSA) is 138 Å². The zero-order chi connectivity index (χ0) is 28.5. The van der Waals surface area contributed by atoms with Crippen molar-refractivity contribution in [3.63, 3.8) is 0 Å². The molecule has 9 nitrogen and oxygen atoms in total. The van der Waals surface area contributed by atoms with Crippen LogP contribution < -0.4 is 16.0 Å². The van der Waals surface area contributed by atoms with E-state index in [2.05, 4.69) is 16.0 Å². The smallest absolute Gasteiger partial charge is 0.337 e. The second-order valence-corrected chi connectivity index (χ2v) is 9.67. The van der Waals surface area contributed by atoms with E-state index in [4.69, 9.17) is 16.0 Å². The number of hydrogen-bond acceptors (Lipinski definition) is 6. The summed E-state index contributed by atoms with van der Waals surface area (Å²) in [5.74, 6) is -2.18. The van der Waals surface area contributed by atoms with Gasteiger partial charge in [-0.05, 0) is 60.7 Å². The highest BCUT2D eigenvalue weighted by molar-refractivity contribution is 8.00. The van der Waals surface area contributed by atoms with Crippen LogP contribution in [0.1, 0.15) is 26.5 Å². The first-order valence-electron chi connectivity index (χ1n) is 11.8. The molecule has 4 rings (SSSR count). The maximum atomic E-state index is 13.1. The lowest BCUT2D eigenvalue weighted by Crippen LogP contribution is -2.30. The second kappa shape index (κ2) is 13.3. The third-order valence-electron chi connectivity index (χ3n) is 5.30. The molecule has 0 atom stereocenters. The molecule has 11 heteroatoms. The molecule has 4 aromatic rings. The fourth-order valence-electron chi connectivity index (χ4n) is 3.43. The molecule has 1 aromatic heterocycles. The Kier molecular flexibility index (Phi) is 9.39. The number of carbonyl (C=O) groups excluding carboxylic acids is 3. The second-order valence-electron chi connectivity index (χ2n) is 8.21. The highest BCUT2D eigenvalue weighted by Gasteiger charge is 2.16. The Bertz CT molecular complexity index is 1570. The van der Waals surface area contributed by atoms with Gasteiger partial charge in [0, 0.05) is 27.9 Å². The minimum atomic E-state index is -1.20. The average molecular weight is 576 g/mol. The van der Waals surface area contributed by atoms with Gasteiger partial charge >= 0.3 is 5.97 Å². The summed E-state index contributed by atoms with van der Waals surface area (Å²) < 4.78 is 5.31. The summed E-state index contributed by atoms with van der Waals surface area (Å²) in [7, 11) is 0.